The number of rotatable bonds is 6. The van der Waals surface area contributed by atoms with E-state index < -0.39 is 0 Å². The van der Waals surface area contributed by atoms with E-state index >= 15 is 0 Å². The molecule has 23 heavy (non-hydrogen) atoms. The predicted molar refractivity (Wildman–Crippen MR) is 96.4 cm³/mol. The van der Waals surface area contributed by atoms with E-state index in [1.807, 2.05) is 19.1 Å². The van der Waals surface area contributed by atoms with Gasteiger partial charge in [-0.1, -0.05) is 29.3 Å². The molecule has 1 aliphatic heterocycles. The molecule has 128 valence electrons. The van der Waals surface area contributed by atoms with Gasteiger partial charge in [-0.3, -0.25) is 9.89 Å². The first-order chi connectivity index (χ1) is 11.1. The Kier molecular flexibility index (Phi) is 7.43. The molecule has 3 N–H and O–H groups in total. The number of hydrogen-bond acceptors (Lipinski definition) is 3. The maximum absolute atomic E-state index is 6.20. The van der Waals surface area contributed by atoms with E-state index in [0.29, 0.717) is 22.5 Å². The topological polar surface area (TPSA) is 62.9 Å². The quantitative estimate of drug-likeness (QED) is 0.466. The number of nitrogens with two attached hydrogens (primary N) is 1. The highest BCUT2D eigenvalue weighted by atomic mass is 35.5. The summed E-state index contributed by atoms with van der Waals surface area (Å²) in [5.41, 5.74) is 6.89. The molecular weight excluding hydrogens is 335 g/mol. The standard InChI is InChI=1S/C16H24Cl2N4O/c1-12(14-4-3-13(17)11-15(14)18)21-16(19)20-5-2-6-22-7-9-23-10-8-22/h3-4,11-12H,2,5-10H2,1H3,(H3,19,20,21). The summed E-state index contributed by atoms with van der Waals surface area (Å²) in [7, 11) is 0. The van der Waals surface area contributed by atoms with Crippen LogP contribution in [0.3, 0.4) is 0 Å². The lowest BCUT2D eigenvalue weighted by molar-refractivity contribution is 0.0377. The number of benzene rings is 1. The highest BCUT2D eigenvalue weighted by Gasteiger charge is 2.11. The number of ether oxygens (including phenoxy) is 1. The van der Waals surface area contributed by atoms with Gasteiger partial charge >= 0.3 is 0 Å². The number of guanidine groups is 1. The van der Waals surface area contributed by atoms with E-state index in [1.54, 1.807) is 6.07 Å². The molecule has 1 unspecified atom stereocenters. The Labute approximate surface area is 147 Å². The van der Waals surface area contributed by atoms with Gasteiger partial charge < -0.3 is 15.8 Å². The number of nitrogens with zero attached hydrogens (tertiary/aromatic N) is 2. The summed E-state index contributed by atoms with van der Waals surface area (Å²) in [5.74, 6) is 0.436. The molecule has 5 nitrogen and oxygen atoms in total. The molecule has 1 aromatic rings. The number of nitrogens with one attached hydrogen (secondary N) is 1. The van der Waals surface area contributed by atoms with Crippen molar-refractivity contribution in [2.45, 2.75) is 19.4 Å². The number of aliphatic imine (C=N–C) groups is 1. The fourth-order valence-electron chi connectivity index (χ4n) is 2.52. The average Bonchev–Trinajstić information content (AvgIpc) is 2.52. The maximum Gasteiger partial charge on any atom is 0.189 e. The molecule has 0 aliphatic carbocycles. The second-order valence-electron chi connectivity index (χ2n) is 5.61. The minimum atomic E-state index is -0.0252. The van der Waals surface area contributed by atoms with Crippen molar-refractivity contribution in [1.82, 2.24) is 10.2 Å². The third-order valence-corrected chi connectivity index (χ3v) is 4.37. The maximum atomic E-state index is 6.20. The van der Waals surface area contributed by atoms with E-state index in [9.17, 15) is 0 Å². The Morgan fingerprint density at radius 2 is 2.13 bits per heavy atom. The van der Waals surface area contributed by atoms with Crippen molar-refractivity contribution in [2.24, 2.45) is 10.7 Å². The minimum Gasteiger partial charge on any atom is -0.379 e. The summed E-state index contributed by atoms with van der Waals surface area (Å²) in [6, 6.07) is 5.42. The zero-order valence-electron chi connectivity index (χ0n) is 13.4. The van der Waals surface area contributed by atoms with Gasteiger partial charge in [0.05, 0.1) is 19.3 Å². The SMILES string of the molecule is CC(NC(N)=NCCCN1CCOCC1)c1ccc(Cl)cc1Cl. The summed E-state index contributed by atoms with van der Waals surface area (Å²) in [5, 5.41) is 4.41. The van der Waals surface area contributed by atoms with E-state index in [0.717, 1.165) is 44.8 Å². The van der Waals surface area contributed by atoms with Crippen LogP contribution in [-0.2, 0) is 4.74 Å². The second-order valence-corrected chi connectivity index (χ2v) is 6.45. The number of hydrogen-bond donors (Lipinski definition) is 2. The summed E-state index contributed by atoms with van der Waals surface area (Å²) in [6.45, 7) is 7.38. The van der Waals surface area contributed by atoms with Crippen molar-refractivity contribution in [3.8, 4) is 0 Å². The van der Waals surface area contributed by atoms with Crippen LogP contribution in [0.2, 0.25) is 10.0 Å². The molecule has 0 radical (unpaired) electrons. The van der Waals surface area contributed by atoms with E-state index in [4.69, 9.17) is 33.7 Å². The largest absolute Gasteiger partial charge is 0.379 e. The van der Waals surface area contributed by atoms with Crippen LogP contribution in [0.15, 0.2) is 23.2 Å². The molecule has 0 aromatic heterocycles. The Morgan fingerprint density at radius 1 is 1.39 bits per heavy atom. The van der Waals surface area contributed by atoms with E-state index in [-0.39, 0.29) is 6.04 Å². The third kappa shape index (κ3) is 6.18. The third-order valence-electron chi connectivity index (χ3n) is 3.81. The first kappa shape index (κ1) is 18.3. The van der Waals surface area contributed by atoms with Crippen molar-refractivity contribution in [3.63, 3.8) is 0 Å². The number of morpholine rings is 1. The molecule has 1 aromatic carbocycles. The number of halogens is 2. The van der Waals surface area contributed by atoms with E-state index in [2.05, 4.69) is 15.2 Å². The molecule has 1 atom stereocenters. The molecule has 1 fully saturated rings. The van der Waals surface area contributed by atoms with Crippen molar-refractivity contribution in [3.05, 3.63) is 33.8 Å². The van der Waals surface area contributed by atoms with Gasteiger partial charge in [-0.2, -0.15) is 0 Å². The Balaban J connectivity index is 1.75. The highest BCUT2D eigenvalue weighted by Crippen LogP contribution is 2.25. The summed E-state index contributed by atoms with van der Waals surface area (Å²) < 4.78 is 5.33. The van der Waals surface area contributed by atoms with Crippen LogP contribution in [0.25, 0.3) is 0 Å². The smallest absolute Gasteiger partial charge is 0.189 e. The van der Waals surface area contributed by atoms with Crippen LogP contribution in [-0.4, -0.2) is 50.3 Å². The van der Waals surface area contributed by atoms with Crippen molar-refractivity contribution in [1.29, 1.82) is 0 Å². The van der Waals surface area contributed by atoms with Gasteiger partial charge in [0.2, 0.25) is 0 Å². The average molecular weight is 359 g/mol. The Morgan fingerprint density at radius 3 is 2.83 bits per heavy atom. The van der Waals surface area contributed by atoms with Gasteiger partial charge in [-0.05, 0) is 31.0 Å². The molecule has 1 aliphatic rings. The molecule has 0 spiro atoms. The highest BCUT2D eigenvalue weighted by molar-refractivity contribution is 6.35. The van der Waals surface area contributed by atoms with Gasteiger partial charge in [0.1, 0.15) is 0 Å². The lowest BCUT2D eigenvalue weighted by Crippen LogP contribution is -2.37. The van der Waals surface area contributed by atoms with Gasteiger partial charge in [0, 0.05) is 36.2 Å². The lowest BCUT2D eigenvalue weighted by atomic mass is 10.1. The predicted octanol–water partition coefficient (Wildman–Crippen LogP) is 2.68. The molecule has 7 heteroatoms. The van der Waals surface area contributed by atoms with Crippen LogP contribution in [0.5, 0.6) is 0 Å². The fourth-order valence-corrected chi connectivity index (χ4v) is 3.09. The summed E-state index contributed by atoms with van der Waals surface area (Å²) in [6.07, 6.45) is 0.985. The van der Waals surface area contributed by atoms with Crippen LogP contribution in [0.1, 0.15) is 24.9 Å². The molecule has 2 rings (SSSR count). The lowest BCUT2D eigenvalue weighted by Gasteiger charge is -2.26. The summed E-state index contributed by atoms with van der Waals surface area (Å²) >= 11 is 12.1. The van der Waals surface area contributed by atoms with Crippen LogP contribution in [0.4, 0.5) is 0 Å². The second kappa shape index (κ2) is 9.33. The first-order valence-corrected chi connectivity index (χ1v) is 8.63. The molecule has 0 bridgehead atoms. The normalized spacial score (nSPS) is 18.0. The molecule has 1 heterocycles. The van der Waals surface area contributed by atoms with Crippen LogP contribution < -0.4 is 11.1 Å². The van der Waals surface area contributed by atoms with Crippen molar-refractivity contribution < 1.29 is 4.74 Å². The minimum absolute atomic E-state index is 0.0252. The van der Waals surface area contributed by atoms with Gasteiger partial charge in [-0.15, -0.1) is 0 Å². The van der Waals surface area contributed by atoms with Crippen molar-refractivity contribution in [2.75, 3.05) is 39.4 Å². The van der Waals surface area contributed by atoms with Crippen molar-refractivity contribution >= 4 is 29.2 Å². The molecule has 0 amide bonds. The Hall–Kier alpha value is -1.01. The van der Waals surface area contributed by atoms with Gasteiger partial charge in [0.15, 0.2) is 5.96 Å². The first-order valence-electron chi connectivity index (χ1n) is 7.88. The monoisotopic (exact) mass is 358 g/mol. The van der Waals surface area contributed by atoms with Gasteiger partial charge in [0.25, 0.3) is 0 Å². The van der Waals surface area contributed by atoms with Gasteiger partial charge in [-0.25, -0.2) is 0 Å². The Bertz CT molecular complexity index is 533. The zero-order valence-corrected chi connectivity index (χ0v) is 14.9. The van der Waals surface area contributed by atoms with E-state index in [1.165, 1.54) is 0 Å². The molecule has 0 saturated carbocycles. The molecular formula is C16H24Cl2N4O. The summed E-state index contributed by atoms with van der Waals surface area (Å²) in [4.78, 5) is 6.77. The van der Waals surface area contributed by atoms with Crippen LogP contribution in [0, 0.1) is 0 Å². The zero-order chi connectivity index (χ0) is 16.7. The van der Waals surface area contributed by atoms with Crippen LogP contribution >= 0.6 is 23.2 Å². The molecule has 1 saturated heterocycles. The fraction of sp³-hybridized carbons (Fsp3) is 0.562.